The van der Waals surface area contributed by atoms with Crippen molar-refractivity contribution in [3.63, 3.8) is 0 Å². The van der Waals surface area contributed by atoms with Crippen LogP contribution in [0.5, 0.6) is 0 Å². The number of carbonyl (C=O) groups excluding carboxylic acids is 1. The Kier molecular flexibility index (Phi) is 5.58. The van der Waals surface area contributed by atoms with Crippen LogP contribution in [0.15, 0.2) is 48.5 Å². The minimum Gasteiger partial charge on any atom is -0.618 e. The van der Waals surface area contributed by atoms with Crippen LogP contribution in [-0.2, 0) is 4.74 Å². The number of rotatable bonds is 3. The van der Waals surface area contributed by atoms with Crippen LogP contribution in [0.3, 0.4) is 0 Å². The van der Waals surface area contributed by atoms with E-state index in [2.05, 4.69) is 16.6 Å². The van der Waals surface area contributed by atoms with Crippen molar-refractivity contribution in [2.75, 3.05) is 7.11 Å². The fourth-order valence-corrected chi connectivity index (χ4v) is 3.06. The molecule has 0 aromatic heterocycles. The van der Waals surface area contributed by atoms with Gasteiger partial charge in [-0.3, -0.25) is 0 Å². The molecular formula is C22H21NO4. The molecule has 0 heterocycles. The maximum atomic E-state index is 12.5. The second-order valence-electron chi connectivity index (χ2n) is 6.57. The van der Waals surface area contributed by atoms with Gasteiger partial charge in [0.25, 0.3) is 0 Å². The average Bonchev–Trinajstić information content (AvgIpc) is 3.13. The van der Waals surface area contributed by atoms with Crippen molar-refractivity contribution in [1.82, 2.24) is 0 Å². The van der Waals surface area contributed by atoms with Gasteiger partial charge in [-0.2, -0.15) is 4.74 Å². The summed E-state index contributed by atoms with van der Waals surface area (Å²) in [6.45, 7) is 0. The Labute approximate surface area is 158 Å². The number of benzene rings is 2. The molecule has 3 rings (SSSR count). The van der Waals surface area contributed by atoms with Gasteiger partial charge in [-0.1, -0.05) is 24.0 Å². The number of hydrogen-bond donors (Lipinski definition) is 1. The van der Waals surface area contributed by atoms with Crippen LogP contribution < -0.4 is 0 Å². The summed E-state index contributed by atoms with van der Waals surface area (Å²) in [7, 11) is 1.31. The second kappa shape index (κ2) is 8.07. The van der Waals surface area contributed by atoms with E-state index in [0.29, 0.717) is 35.2 Å². The molecule has 0 bridgehead atoms. The number of nitrogens with zero attached hydrogens (tertiary/aromatic N) is 1. The number of aliphatic hydroxyl groups is 1. The lowest BCUT2D eigenvalue weighted by Crippen LogP contribution is -2.20. The second-order valence-corrected chi connectivity index (χ2v) is 6.57. The Balaban J connectivity index is 1.86. The largest absolute Gasteiger partial charge is 0.618 e. The Morgan fingerprint density at radius 1 is 1.19 bits per heavy atom. The van der Waals surface area contributed by atoms with Gasteiger partial charge >= 0.3 is 5.97 Å². The lowest BCUT2D eigenvalue weighted by molar-refractivity contribution is -0.354. The SMILES string of the molecule is COC(=O)c1ccc(/[N+]([O-])=C/c2ccccc2C#CC2(O)CCCC2)cc1. The minimum absolute atomic E-state index is 0.380. The van der Waals surface area contributed by atoms with Gasteiger partial charge in [-0.25, -0.2) is 4.79 Å². The number of ether oxygens (including phenoxy) is 1. The molecule has 0 radical (unpaired) electrons. The number of hydrogen-bond acceptors (Lipinski definition) is 4. The molecule has 27 heavy (non-hydrogen) atoms. The van der Waals surface area contributed by atoms with Gasteiger partial charge in [0.1, 0.15) is 5.60 Å². The van der Waals surface area contributed by atoms with Crippen molar-refractivity contribution in [3.05, 3.63) is 70.4 Å². The Morgan fingerprint density at radius 2 is 1.85 bits per heavy atom. The molecule has 0 amide bonds. The first kappa shape index (κ1) is 18.7. The first-order chi connectivity index (χ1) is 13.0. The van der Waals surface area contributed by atoms with Crippen molar-refractivity contribution >= 4 is 17.9 Å². The van der Waals surface area contributed by atoms with Crippen LogP contribution in [0.2, 0.25) is 0 Å². The third-order valence-corrected chi connectivity index (χ3v) is 4.62. The highest BCUT2D eigenvalue weighted by Crippen LogP contribution is 2.28. The van der Waals surface area contributed by atoms with Crippen molar-refractivity contribution in [1.29, 1.82) is 0 Å². The summed E-state index contributed by atoms with van der Waals surface area (Å²) in [6.07, 6.45) is 4.78. The standard InChI is InChI=1S/C22H21NO4/c1-27-21(24)18-8-10-20(11-9-18)23(26)16-19-7-3-2-6-17(19)12-15-22(25)13-4-5-14-22/h2-3,6-11,16,25H,4-5,13-14H2,1H3/b23-16-. The molecular weight excluding hydrogens is 342 g/mol. The van der Waals surface area contributed by atoms with E-state index in [1.54, 1.807) is 30.3 Å². The van der Waals surface area contributed by atoms with E-state index in [0.717, 1.165) is 17.6 Å². The summed E-state index contributed by atoms with van der Waals surface area (Å²) in [5, 5.41) is 22.9. The van der Waals surface area contributed by atoms with E-state index in [4.69, 9.17) is 0 Å². The molecule has 5 heteroatoms. The summed E-state index contributed by atoms with van der Waals surface area (Å²) >= 11 is 0. The van der Waals surface area contributed by atoms with Gasteiger partial charge < -0.3 is 15.1 Å². The normalized spacial score (nSPS) is 15.7. The molecule has 138 valence electrons. The van der Waals surface area contributed by atoms with Crippen molar-refractivity contribution < 1.29 is 19.4 Å². The molecule has 0 unspecified atom stereocenters. The van der Waals surface area contributed by atoms with Crippen LogP contribution in [0.1, 0.15) is 47.2 Å². The molecule has 0 spiro atoms. The third kappa shape index (κ3) is 4.55. The molecule has 2 aromatic rings. The molecule has 1 aliphatic rings. The highest BCUT2D eigenvalue weighted by Gasteiger charge is 2.28. The van der Waals surface area contributed by atoms with E-state index in [1.165, 1.54) is 13.3 Å². The summed E-state index contributed by atoms with van der Waals surface area (Å²) in [5.41, 5.74) is 1.20. The molecule has 1 fully saturated rings. The Hall–Kier alpha value is -3.10. The van der Waals surface area contributed by atoms with E-state index in [-0.39, 0.29) is 0 Å². The van der Waals surface area contributed by atoms with Crippen LogP contribution in [-0.4, -0.2) is 34.7 Å². The summed E-state index contributed by atoms with van der Waals surface area (Å²) in [4.78, 5) is 11.5. The van der Waals surface area contributed by atoms with Crippen LogP contribution in [0, 0.1) is 17.0 Å². The molecule has 0 saturated heterocycles. The monoisotopic (exact) mass is 363 g/mol. The van der Waals surface area contributed by atoms with E-state index in [9.17, 15) is 15.1 Å². The zero-order chi connectivity index (χ0) is 19.3. The highest BCUT2D eigenvalue weighted by atomic mass is 16.5. The third-order valence-electron chi connectivity index (χ3n) is 4.62. The molecule has 1 aliphatic carbocycles. The van der Waals surface area contributed by atoms with Crippen LogP contribution >= 0.6 is 0 Å². The van der Waals surface area contributed by atoms with Crippen LogP contribution in [0.25, 0.3) is 0 Å². The van der Waals surface area contributed by atoms with E-state index < -0.39 is 11.6 Å². The zero-order valence-corrected chi connectivity index (χ0v) is 15.1. The van der Waals surface area contributed by atoms with Crippen LogP contribution in [0.4, 0.5) is 5.69 Å². The van der Waals surface area contributed by atoms with Gasteiger partial charge in [-0.15, -0.1) is 0 Å². The van der Waals surface area contributed by atoms with Gasteiger partial charge in [0.2, 0.25) is 5.69 Å². The van der Waals surface area contributed by atoms with Crippen molar-refractivity contribution in [2.45, 2.75) is 31.3 Å². The summed E-state index contributed by atoms with van der Waals surface area (Å²) < 4.78 is 5.38. The molecule has 0 atom stereocenters. The van der Waals surface area contributed by atoms with Gasteiger partial charge in [-0.05, 0) is 49.9 Å². The van der Waals surface area contributed by atoms with Gasteiger partial charge in [0.15, 0.2) is 6.21 Å². The van der Waals surface area contributed by atoms with Gasteiger partial charge in [0.05, 0.1) is 18.2 Å². The molecule has 1 saturated carbocycles. The molecule has 1 N–H and O–H groups in total. The quantitative estimate of drug-likeness (QED) is 0.227. The predicted octanol–water partition coefficient (Wildman–Crippen LogP) is 3.39. The first-order valence-corrected chi connectivity index (χ1v) is 8.85. The maximum Gasteiger partial charge on any atom is 0.337 e. The van der Waals surface area contributed by atoms with E-state index in [1.807, 2.05) is 18.2 Å². The average molecular weight is 363 g/mol. The number of esters is 1. The Bertz CT molecular complexity index is 913. The summed E-state index contributed by atoms with van der Waals surface area (Å²) in [6, 6.07) is 13.5. The van der Waals surface area contributed by atoms with Gasteiger partial charge in [0, 0.05) is 17.7 Å². The van der Waals surface area contributed by atoms with E-state index >= 15 is 0 Å². The smallest absolute Gasteiger partial charge is 0.337 e. The predicted molar refractivity (Wildman–Crippen MR) is 103 cm³/mol. The lowest BCUT2D eigenvalue weighted by Gasteiger charge is -2.13. The highest BCUT2D eigenvalue weighted by molar-refractivity contribution is 5.89. The zero-order valence-electron chi connectivity index (χ0n) is 15.1. The minimum atomic E-state index is -0.923. The first-order valence-electron chi connectivity index (χ1n) is 8.85. The summed E-state index contributed by atoms with van der Waals surface area (Å²) in [5.74, 6) is 5.54. The fraction of sp³-hybridized carbons (Fsp3) is 0.273. The number of methoxy groups -OCH3 is 1. The van der Waals surface area contributed by atoms with Crippen molar-refractivity contribution in [3.8, 4) is 11.8 Å². The fourth-order valence-electron chi connectivity index (χ4n) is 3.06. The molecule has 0 aliphatic heterocycles. The molecule has 5 nitrogen and oxygen atoms in total. The maximum absolute atomic E-state index is 12.5. The Morgan fingerprint density at radius 3 is 2.52 bits per heavy atom. The number of carbonyl (C=O) groups is 1. The van der Waals surface area contributed by atoms with Crippen molar-refractivity contribution in [2.24, 2.45) is 0 Å². The lowest BCUT2D eigenvalue weighted by atomic mass is 10.0. The topological polar surface area (TPSA) is 72.6 Å². The molecule has 2 aromatic carbocycles.